The number of halogens is 6. The zero-order valence-electron chi connectivity index (χ0n) is 13.7. The van der Waals surface area contributed by atoms with E-state index < -0.39 is 11.7 Å². The summed E-state index contributed by atoms with van der Waals surface area (Å²) >= 11 is 18.0. The van der Waals surface area contributed by atoms with Gasteiger partial charge in [0.1, 0.15) is 17.8 Å². The molecule has 2 heterocycles. The predicted octanol–water partition coefficient (Wildman–Crippen LogP) is 5.92. The van der Waals surface area contributed by atoms with Gasteiger partial charge < -0.3 is 16.4 Å². The highest BCUT2D eigenvalue weighted by Gasteiger charge is 2.31. The Morgan fingerprint density at radius 1 is 0.893 bits per heavy atom. The maximum Gasteiger partial charge on any atom is 0.417 e. The SMILES string of the molecule is Nc1c(Nc2cccc(Cl)c2Cl)ncnc1Nc1ncc(C(F)(F)F)cc1Cl. The van der Waals surface area contributed by atoms with Gasteiger partial charge in [-0.2, -0.15) is 13.2 Å². The summed E-state index contributed by atoms with van der Waals surface area (Å²) in [6.45, 7) is 0. The van der Waals surface area contributed by atoms with E-state index in [1.165, 1.54) is 6.33 Å². The number of anilines is 5. The first-order chi connectivity index (χ1) is 13.2. The smallest absolute Gasteiger partial charge is 0.393 e. The van der Waals surface area contributed by atoms with Crippen molar-refractivity contribution < 1.29 is 13.2 Å². The van der Waals surface area contributed by atoms with Crippen LogP contribution in [0, 0.1) is 0 Å². The highest BCUT2D eigenvalue weighted by atomic mass is 35.5. The molecule has 0 bridgehead atoms. The summed E-state index contributed by atoms with van der Waals surface area (Å²) in [5.74, 6) is 0.237. The second-order valence-electron chi connectivity index (χ2n) is 5.39. The van der Waals surface area contributed by atoms with Gasteiger partial charge in [0.05, 0.1) is 26.3 Å². The molecule has 1 aromatic carbocycles. The molecule has 146 valence electrons. The van der Waals surface area contributed by atoms with E-state index in [0.717, 1.165) is 6.07 Å². The van der Waals surface area contributed by atoms with Crippen molar-refractivity contribution >= 4 is 63.6 Å². The zero-order chi connectivity index (χ0) is 20.5. The molecule has 0 spiro atoms. The largest absolute Gasteiger partial charge is 0.417 e. The molecule has 6 nitrogen and oxygen atoms in total. The maximum absolute atomic E-state index is 12.7. The summed E-state index contributed by atoms with van der Waals surface area (Å²) < 4.78 is 38.2. The average Bonchev–Trinajstić information content (AvgIpc) is 2.63. The lowest BCUT2D eigenvalue weighted by Gasteiger charge is -2.14. The van der Waals surface area contributed by atoms with E-state index in [-0.39, 0.29) is 33.2 Å². The molecule has 0 saturated heterocycles. The van der Waals surface area contributed by atoms with E-state index in [4.69, 9.17) is 40.5 Å². The number of benzene rings is 1. The van der Waals surface area contributed by atoms with Crippen molar-refractivity contribution in [2.45, 2.75) is 6.18 Å². The van der Waals surface area contributed by atoms with Crippen LogP contribution in [0.15, 0.2) is 36.8 Å². The van der Waals surface area contributed by atoms with Crippen LogP contribution < -0.4 is 16.4 Å². The van der Waals surface area contributed by atoms with Crippen LogP contribution in [0.25, 0.3) is 0 Å². The van der Waals surface area contributed by atoms with Gasteiger partial charge in [0.15, 0.2) is 11.6 Å². The summed E-state index contributed by atoms with van der Waals surface area (Å²) in [7, 11) is 0. The molecular formula is C16H10Cl3F3N6. The Hall–Kier alpha value is -2.49. The van der Waals surface area contributed by atoms with Gasteiger partial charge in [-0.05, 0) is 18.2 Å². The first-order valence-corrected chi connectivity index (χ1v) is 8.61. The van der Waals surface area contributed by atoms with E-state index in [1.807, 2.05) is 0 Å². The van der Waals surface area contributed by atoms with E-state index in [1.54, 1.807) is 18.2 Å². The van der Waals surface area contributed by atoms with Crippen molar-refractivity contribution in [2.24, 2.45) is 0 Å². The second-order valence-corrected chi connectivity index (χ2v) is 6.58. The minimum atomic E-state index is -4.56. The Labute approximate surface area is 171 Å². The van der Waals surface area contributed by atoms with Crippen LogP contribution in [0.4, 0.5) is 42.0 Å². The van der Waals surface area contributed by atoms with Crippen molar-refractivity contribution in [1.82, 2.24) is 15.0 Å². The molecule has 0 unspecified atom stereocenters. The molecule has 0 fully saturated rings. The fourth-order valence-electron chi connectivity index (χ4n) is 2.12. The predicted molar refractivity (Wildman–Crippen MR) is 104 cm³/mol. The lowest BCUT2D eigenvalue weighted by molar-refractivity contribution is -0.137. The molecule has 0 aliphatic carbocycles. The van der Waals surface area contributed by atoms with Gasteiger partial charge in [-0.25, -0.2) is 15.0 Å². The molecule has 4 N–H and O–H groups in total. The van der Waals surface area contributed by atoms with Gasteiger partial charge in [0.25, 0.3) is 0 Å². The number of rotatable bonds is 4. The first-order valence-electron chi connectivity index (χ1n) is 7.48. The third-order valence-corrected chi connectivity index (χ3v) is 4.60. The van der Waals surface area contributed by atoms with Gasteiger partial charge in [-0.3, -0.25) is 0 Å². The van der Waals surface area contributed by atoms with Crippen molar-refractivity contribution in [2.75, 3.05) is 16.4 Å². The topological polar surface area (TPSA) is 88.8 Å². The lowest BCUT2D eigenvalue weighted by Crippen LogP contribution is -2.08. The molecule has 3 aromatic rings. The normalized spacial score (nSPS) is 11.4. The lowest BCUT2D eigenvalue weighted by atomic mass is 10.2. The van der Waals surface area contributed by atoms with Crippen LogP contribution in [0.3, 0.4) is 0 Å². The maximum atomic E-state index is 12.7. The van der Waals surface area contributed by atoms with Crippen LogP contribution in [0.2, 0.25) is 15.1 Å². The van der Waals surface area contributed by atoms with E-state index in [0.29, 0.717) is 16.9 Å². The number of hydrogen-bond donors (Lipinski definition) is 3. The molecule has 3 rings (SSSR count). The van der Waals surface area contributed by atoms with Gasteiger partial charge in [0.2, 0.25) is 0 Å². The summed E-state index contributed by atoms with van der Waals surface area (Å²) in [5.41, 5.74) is 5.58. The summed E-state index contributed by atoms with van der Waals surface area (Å²) in [6, 6.07) is 5.71. The molecule has 0 aliphatic heterocycles. The number of hydrogen-bond acceptors (Lipinski definition) is 6. The minimum Gasteiger partial charge on any atom is -0.393 e. The summed E-state index contributed by atoms with van der Waals surface area (Å²) in [4.78, 5) is 11.7. The Morgan fingerprint density at radius 3 is 2.21 bits per heavy atom. The van der Waals surface area contributed by atoms with Gasteiger partial charge >= 0.3 is 6.18 Å². The monoisotopic (exact) mass is 448 g/mol. The zero-order valence-corrected chi connectivity index (χ0v) is 15.9. The number of nitrogens with zero attached hydrogens (tertiary/aromatic N) is 3. The summed E-state index contributed by atoms with van der Waals surface area (Å²) in [5, 5.41) is 5.95. The van der Waals surface area contributed by atoms with Crippen molar-refractivity contribution in [3.63, 3.8) is 0 Å². The quantitative estimate of drug-likeness (QED) is 0.458. The van der Waals surface area contributed by atoms with E-state index in [2.05, 4.69) is 25.6 Å². The Kier molecular flexibility index (Phi) is 5.69. The fourth-order valence-corrected chi connectivity index (χ4v) is 2.68. The van der Waals surface area contributed by atoms with Crippen molar-refractivity contribution in [3.8, 4) is 0 Å². The Bertz CT molecular complexity index is 1030. The molecule has 2 aromatic heterocycles. The average molecular weight is 450 g/mol. The minimum absolute atomic E-state index is 0.0493. The molecule has 0 saturated carbocycles. The molecule has 0 atom stereocenters. The number of pyridine rings is 1. The van der Waals surface area contributed by atoms with E-state index >= 15 is 0 Å². The van der Waals surface area contributed by atoms with Crippen LogP contribution in [0.5, 0.6) is 0 Å². The third-order valence-electron chi connectivity index (χ3n) is 3.49. The standard InChI is InChI=1S/C16H10Cl3F3N6/c17-8-2-1-3-10(11(8)19)27-14-12(23)15(26-6-25-14)28-13-9(18)4-7(5-24-13)16(20,21)22/h1-6H,23H2,(H2,24,25,26,27,28). The Balaban J connectivity index is 1.89. The van der Waals surface area contributed by atoms with Crippen molar-refractivity contribution in [1.29, 1.82) is 0 Å². The van der Waals surface area contributed by atoms with Crippen molar-refractivity contribution in [3.05, 3.63) is 57.4 Å². The second kappa shape index (κ2) is 7.86. The van der Waals surface area contributed by atoms with Crippen LogP contribution >= 0.6 is 34.8 Å². The first kappa shape index (κ1) is 20.2. The van der Waals surface area contributed by atoms with E-state index in [9.17, 15) is 13.2 Å². The number of nitrogens with one attached hydrogen (secondary N) is 2. The summed E-state index contributed by atoms with van der Waals surface area (Å²) in [6.07, 6.45) is -2.72. The van der Waals surface area contributed by atoms with Crippen LogP contribution in [-0.2, 0) is 6.18 Å². The molecule has 12 heteroatoms. The molecule has 28 heavy (non-hydrogen) atoms. The molecule has 0 radical (unpaired) electrons. The highest BCUT2D eigenvalue weighted by molar-refractivity contribution is 6.43. The Morgan fingerprint density at radius 2 is 1.57 bits per heavy atom. The number of nitrogens with two attached hydrogens (primary N) is 1. The fraction of sp³-hybridized carbons (Fsp3) is 0.0625. The number of aromatic nitrogens is 3. The number of alkyl halides is 3. The van der Waals surface area contributed by atoms with Crippen LogP contribution in [0.1, 0.15) is 5.56 Å². The third kappa shape index (κ3) is 4.32. The van der Waals surface area contributed by atoms with Gasteiger partial charge in [0, 0.05) is 6.20 Å². The number of nitrogen functional groups attached to an aromatic ring is 1. The highest BCUT2D eigenvalue weighted by Crippen LogP contribution is 2.36. The van der Waals surface area contributed by atoms with Crippen LogP contribution in [-0.4, -0.2) is 15.0 Å². The van der Waals surface area contributed by atoms with Gasteiger partial charge in [-0.1, -0.05) is 40.9 Å². The van der Waals surface area contributed by atoms with Gasteiger partial charge in [-0.15, -0.1) is 0 Å². The molecule has 0 aliphatic rings. The molecule has 0 amide bonds. The molecular weight excluding hydrogens is 440 g/mol.